The molecular weight excluding hydrogens is 428 g/mol. The summed E-state index contributed by atoms with van der Waals surface area (Å²) in [6, 6.07) is 0.862. The van der Waals surface area contributed by atoms with Gasteiger partial charge in [0.15, 0.2) is 0 Å². The zero-order valence-electron chi connectivity index (χ0n) is 14.6. The largest absolute Gasteiger partial charge is 0.354 e. The molecule has 0 aromatic carbocycles. The number of halogens is 1. The van der Waals surface area contributed by atoms with Gasteiger partial charge in [0, 0.05) is 38.1 Å². The molecule has 1 aliphatic heterocycles. The zero-order chi connectivity index (χ0) is 17.9. The van der Waals surface area contributed by atoms with Crippen LogP contribution in [0.5, 0.6) is 0 Å². The minimum Gasteiger partial charge on any atom is -0.354 e. The lowest BCUT2D eigenvalue weighted by Gasteiger charge is -2.38. The van der Waals surface area contributed by atoms with E-state index < -0.39 is 0 Å². The van der Waals surface area contributed by atoms with Gasteiger partial charge in [-0.2, -0.15) is 0 Å². The fraction of sp³-hybridized carbons (Fsp3) is 0.812. The van der Waals surface area contributed by atoms with Crippen LogP contribution in [-0.2, 0) is 14.4 Å². The van der Waals surface area contributed by atoms with Gasteiger partial charge in [-0.3, -0.25) is 19.3 Å². The Labute approximate surface area is 157 Å². The quantitative estimate of drug-likeness (QED) is 0.154. The first-order chi connectivity index (χ1) is 11.4. The lowest BCUT2D eigenvalue weighted by Crippen LogP contribution is -2.49. The molecule has 24 heavy (non-hydrogen) atoms. The summed E-state index contributed by atoms with van der Waals surface area (Å²) >= 11 is 1.98. The van der Waals surface area contributed by atoms with E-state index >= 15 is 0 Å². The van der Waals surface area contributed by atoms with E-state index in [1.807, 2.05) is 22.6 Å². The van der Waals surface area contributed by atoms with Gasteiger partial charge in [-0.1, -0.05) is 29.0 Å². The van der Waals surface area contributed by atoms with Gasteiger partial charge in [-0.25, -0.2) is 0 Å². The van der Waals surface area contributed by atoms with Crippen LogP contribution in [0.25, 0.3) is 0 Å². The number of carbonyl (C=O) groups is 3. The highest BCUT2D eigenvalue weighted by atomic mass is 127. The van der Waals surface area contributed by atoms with Crippen molar-refractivity contribution in [2.75, 3.05) is 30.6 Å². The Morgan fingerprint density at radius 1 is 0.917 bits per heavy atom. The van der Waals surface area contributed by atoms with E-state index in [1.54, 1.807) is 0 Å². The summed E-state index contributed by atoms with van der Waals surface area (Å²) in [5.41, 5.74) is 0. The topological polar surface area (TPSA) is 90.5 Å². The summed E-state index contributed by atoms with van der Waals surface area (Å²) in [4.78, 5) is 36.9. The maximum Gasteiger partial charge on any atom is 0.234 e. The molecule has 8 heteroatoms. The van der Waals surface area contributed by atoms with Gasteiger partial charge in [-0.15, -0.1) is 0 Å². The second-order valence-electron chi connectivity index (χ2n) is 6.23. The highest BCUT2D eigenvalue weighted by Gasteiger charge is 2.26. The van der Waals surface area contributed by atoms with Crippen molar-refractivity contribution in [1.29, 1.82) is 0 Å². The van der Waals surface area contributed by atoms with Crippen LogP contribution in [0.15, 0.2) is 0 Å². The van der Waals surface area contributed by atoms with Crippen LogP contribution in [0.1, 0.15) is 39.5 Å². The third kappa shape index (κ3) is 8.27. The molecule has 2 unspecified atom stereocenters. The van der Waals surface area contributed by atoms with Crippen LogP contribution in [0.3, 0.4) is 0 Å². The highest BCUT2D eigenvalue weighted by molar-refractivity contribution is 14.1. The molecule has 3 amide bonds. The average molecular weight is 457 g/mol. The number of hydrogen-bond acceptors (Lipinski definition) is 4. The Morgan fingerprint density at radius 3 is 2.04 bits per heavy atom. The van der Waals surface area contributed by atoms with E-state index in [-0.39, 0.29) is 24.1 Å². The second kappa shape index (κ2) is 11.6. The number of likely N-dealkylation sites (tertiary alicyclic amines) is 1. The van der Waals surface area contributed by atoms with Gasteiger partial charge in [0.2, 0.25) is 17.7 Å². The molecule has 0 aromatic heterocycles. The first-order valence-electron chi connectivity index (χ1n) is 8.55. The summed E-state index contributed by atoms with van der Waals surface area (Å²) in [5, 5.41) is 8.20. The van der Waals surface area contributed by atoms with Crippen molar-refractivity contribution >= 4 is 40.3 Å². The highest BCUT2D eigenvalue weighted by Crippen LogP contribution is 2.21. The predicted molar refractivity (Wildman–Crippen MR) is 102 cm³/mol. The van der Waals surface area contributed by atoms with Crippen molar-refractivity contribution < 1.29 is 14.4 Å². The molecule has 1 fully saturated rings. The van der Waals surface area contributed by atoms with Crippen molar-refractivity contribution in [3.05, 3.63) is 0 Å². The fourth-order valence-electron chi connectivity index (χ4n) is 2.86. The monoisotopic (exact) mass is 457 g/mol. The third-order valence-corrected chi connectivity index (χ3v) is 4.96. The van der Waals surface area contributed by atoms with E-state index in [9.17, 15) is 14.4 Å². The summed E-state index contributed by atoms with van der Waals surface area (Å²) < 4.78 is 0.409. The molecule has 7 nitrogen and oxygen atoms in total. The Morgan fingerprint density at radius 2 is 1.46 bits per heavy atom. The van der Waals surface area contributed by atoms with Crippen LogP contribution >= 0.6 is 22.6 Å². The molecule has 1 aliphatic rings. The van der Waals surface area contributed by atoms with Crippen LogP contribution in [-0.4, -0.2) is 65.3 Å². The van der Waals surface area contributed by atoms with Crippen molar-refractivity contribution in [1.82, 2.24) is 20.9 Å². The number of amides is 3. The Bertz CT molecular complexity index is 424. The Balaban J connectivity index is 2.11. The maximum atomic E-state index is 12.0. The molecule has 0 aliphatic carbocycles. The zero-order valence-corrected chi connectivity index (χ0v) is 16.7. The van der Waals surface area contributed by atoms with Gasteiger partial charge in [0.1, 0.15) is 0 Å². The molecule has 1 heterocycles. The normalized spacial score (nSPS) is 21.1. The van der Waals surface area contributed by atoms with E-state index in [0.29, 0.717) is 42.7 Å². The number of nitrogens with one attached hydrogen (secondary N) is 3. The number of hydrogen-bond donors (Lipinski definition) is 3. The molecule has 1 rings (SSSR count). The molecule has 0 radical (unpaired) electrons. The molecule has 0 saturated carbocycles. The molecule has 1 saturated heterocycles. The van der Waals surface area contributed by atoms with Gasteiger partial charge in [0.05, 0.1) is 11.0 Å². The van der Waals surface area contributed by atoms with E-state index in [2.05, 4.69) is 34.7 Å². The number of piperidine rings is 1. The van der Waals surface area contributed by atoms with Crippen LogP contribution in [0, 0.1) is 0 Å². The number of rotatable bonds is 9. The van der Waals surface area contributed by atoms with E-state index in [1.165, 1.54) is 6.42 Å². The van der Waals surface area contributed by atoms with Gasteiger partial charge >= 0.3 is 0 Å². The van der Waals surface area contributed by atoms with Crippen molar-refractivity contribution in [3.8, 4) is 0 Å². The van der Waals surface area contributed by atoms with Crippen LogP contribution in [0.2, 0.25) is 0 Å². The van der Waals surface area contributed by atoms with Crippen molar-refractivity contribution in [2.45, 2.75) is 51.6 Å². The number of carbonyl (C=O) groups excluding carboxylic acids is 3. The smallest absolute Gasteiger partial charge is 0.234 e. The first-order valence-corrected chi connectivity index (χ1v) is 10.1. The van der Waals surface area contributed by atoms with Gasteiger partial charge < -0.3 is 16.0 Å². The number of alkyl halides is 1. The Kier molecular flexibility index (Phi) is 10.2. The number of nitrogens with zero attached hydrogens (tertiary/aromatic N) is 1. The van der Waals surface area contributed by atoms with Crippen molar-refractivity contribution in [3.63, 3.8) is 0 Å². The first kappa shape index (κ1) is 21.1. The maximum absolute atomic E-state index is 12.0. The lowest BCUT2D eigenvalue weighted by atomic mass is 10.0. The minimum absolute atomic E-state index is 0.0299. The molecule has 2 atom stereocenters. The lowest BCUT2D eigenvalue weighted by molar-refractivity contribution is -0.124. The van der Waals surface area contributed by atoms with Gasteiger partial charge in [0.25, 0.3) is 0 Å². The van der Waals surface area contributed by atoms with Crippen LogP contribution in [0.4, 0.5) is 0 Å². The SMILES string of the molecule is [13CH3]C1CCCC([13CH3])N1C[13C](=O)[15NH][13CH2]CC(=O)NCCNC(=O)CI. The minimum atomic E-state index is -0.126. The van der Waals surface area contributed by atoms with E-state index in [4.69, 9.17) is 0 Å². The standard InChI is InChI=1S/C16H29IN4O3/c1-12-4-3-5-13(2)21(12)11-16(24)18-7-6-14(22)19-8-9-20-15(23)10-17/h12-13H,3-11H2,1-2H3,(H,18,24)(H,19,22)(H,20,23)/i1+1,2+1,7+1,16+1,18+1. The molecule has 0 spiro atoms. The Hall–Kier alpha value is -0.900. The molecular formula is C16H29IN4O3. The fourth-order valence-corrected chi connectivity index (χ4v) is 3.13. The summed E-state index contributed by atoms with van der Waals surface area (Å²) in [7, 11) is 0. The van der Waals surface area contributed by atoms with Crippen LogP contribution < -0.4 is 16.0 Å². The molecule has 138 valence electrons. The van der Waals surface area contributed by atoms with Crippen molar-refractivity contribution in [2.24, 2.45) is 0 Å². The second-order valence-corrected chi connectivity index (χ2v) is 7.00. The molecule has 0 aromatic rings. The molecule has 0 bridgehead atoms. The summed E-state index contributed by atoms with van der Waals surface area (Å²) in [6.07, 6.45) is 3.73. The third-order valence-electron chi connectivity index (χ3n) is 4.27. The predicted octanol–water partition coefficient (Wildman–Crippen LogP) is 0.423. The average Bonchev–Trinajstić information content (AvgIpc) is 2.55. The molecule has 3 N–H and O–H groups in total. The summed E-state index contributed by atoms with van der Waals surface area (Å²) in [6.45, 7) is 5.87. The van der Waals surface area contributed by atoms with Gasteiger partial charge in [-0.05, 0) is 26.7 Å². The van der Waals surface area contributed by atoms with E-state index in [0.717, 1.165) is 12.8 Å². The summed E-state index contributed by atoms with van der Waals surface area (Å²) in [5.74, 6) is -0.199.